The predicted octanol–water partition coefficient (Wildman–Crippen LogP) is 5.37. The van der Waals surface area contributed by atoms with Crippen molar-refractivity contribution in [3.63, 3.8) is 0 Å². The smallest absolute Gasteiger partial charge is 0.150 e. The highest BCUT2D eigenvalue weighted by molar-refractivity contribution is 6.07. The van der Waals surface area contributed by atoms with Crippen LogP contribution in [0.5, 0.6) is 0 Å². The highest BCUT2D eigenvalue weighted by atomic mass is 14.4. The van der Waals surface area contributed by atoms with Crippen molar-refractivity contribution in [3.05, 3.63) is 60.7 Å². The molecule has 0 aromatic heterocycles. The Labute approximate surface area is 187 Å². The van der Waals surface area contributed by atoms with E-state index in [0.29, 0.717) is 0 Å². The predicted molar refractivity (Wildman–Crippen MR) is 118 cm³/mol. The molecule has 0 aliphatic rings. The van der Waals surface area contributed by atoms with Gasteiger partial charge in [-0.15, -0.1) is 0 Å². The molecule has 3 aromatic carbocycles. The first kappa shape index (κ1) is 23.4. The van der Waals surface area contributed by atoms with E-state index >= 15 is 0 Å². The minimum absolute atomic E-state index is 0.0817. The summed E-state index contributed by atoms with van der Waals surface area (Å²) in [5.41, 5.74) is 0. The van der Waals surface area contributed by atoms with E-state index in [0.717, 1.165) is 0 Å². The maximum Gasteiger partial charge on any atom is 0.150 e. The third-order valence-electron chi connectivity index (χ3n) is 5.14. The summed E-state index contributed by atoms with van der Waals surface area (Å²) < 4.78 is 0. The van der Waals surface area contributed by atoms with Crippen molar-refractivity contribution in [1.29, 1.82) is 31.6 Å². The monoisotopic (exact) mass is 414 g/mol. The molecule has 0 spiro atoms. The maximum atomic E-state index is 9.01. The number of hydrogen-bond donors (Lipinski definition) is 0. The van der Waals surface area contributed by atoms with Crippen LogP contribution in [0.2, 0.25) is 0 Å². The molecule has 0 radical (unpaired) electrons. The Morgan fingerprint density at radius 2 is 1.06 bits per heavy atom. The first-order valence-electron chi connectivity index (χ1n) is 9.86. The van der Waals surface area contributed by atoms with Gasteiger partial charge in [0.25, 0.3) is 0 Å². The number of fused-ring (bicyclic) bond motifs is 3. The first-order valence-corrected chi connectivity index (χ1v) is 9.86. The third kappa shape index (κ3) is 5.38. The van der Waals surface area contributed by atoms with Gasteiger partial charge in [0.2, 0.25) is 0 Å². The van der Waals surface area contributed by atoms with Gasteiger partial charge in [0.1, 0.15) is 5.92 Å². The summed E-state index contributed by atoms with van der Waals surface area (Å²) in [6, 6.07) is 31.9. The zero-order chi connectivity index (χ0) is 23.3. The van der Waals surface area contributed by atoms with Crippen molar-refractivity contribution in [2.75, 3.05) is 0 Å². The molecule has 0 heterocycles. The summed E-state index contributed by atoms with van der Waals surface area (Å²) in [7, 11) is 0. The fraction of sp³-hybridized carbons (Fsp3) is 0.231. The van der Waals surface area contributed by atoms with Crippen molar-refractivity contribution in [2.24, 2.45) is 23.7 Å². The first-order chi connectivity index (χ1) is 15.6. The fourth-order valence-corrected chi connectivity index (χ4v) is 3.47. The lowest BCUT2D eigenvalue weighted by molar-refractivity contribution is 0.354. The molecule has 0 saturated heterocycles. The van der Waals surface area contributed by atoms with Crippen molar-refractivity contribution >= 4 is 21.5 Å². The number of benzene rings is 3. The van der Waals surface area contributed by atoms with Gasteiger partial charge in [0.05, 0.1) is 54.2 Å². The van der Waals surface area contributed by atoms with Crippen LogP contribution >= 0.6 is 0 Å². The second-order valence-electron chi connectivity index (χ2n) is 6.99. The van der Waals surface area contributed by atoms with Gasteiger partial charge >= 0.3 is 0 Å². The Morgan fingerprint density at radius 1 is 0.562 bits per heavy atom. The Balaban J connectivity index is 0.000000231. The van der Waals surface area contributed by atoms with E-state index in [1.807, 2.05) is 12.1 Å². The minimum Gasteiger partial charge on any atom is -0.198 e. The summed E-state index contributed by atoms with van der Waals surface area (Å²) in [5, 5.41) is 58.1. The van der Waals surface area contributed by atoms with Crippen LogP contribution < -0.4 is 0 Å². The SMILES string of the molecule is N#CCCC(C#N)C(C#N)C(C#N)C(C#N)C#N.c1ccc2c(c1)ccc1ccccc12. The van der Waals surface area contributed by atoms with Crippen LogP contribution in [0, 0.1) is 91.7 Å². The number of rotatable bonds is 5. The van der Waals surface area contributed by atoms with E-state index in [4.69, 9.17) is 31.6 Å². The van der Waals surface area contributed by atoms with Gasteiger partial charge in [-0.2, -0.15) is 31.6 Å². The number of nitriles is 6. The van der Waals surface area contributed by atoms with Crippen LogP contribution in [0.4, 0.5) is 0 Å². The van der Waals surface area contributed by atoms with Crippen molar-refractivity contribution in [1.82, 2.24) is 0 Å². The molecule has 0 aliphatic carbocycles. The largest absolute Gasteiger partial charge is 0.198 e. The third-order valence-corrected chi connectivity index (χ3v) is 5.14. The number of nitrogens with zero attached hydrogens (tertiary/aromatic N) is 6. The molecule has 3 rings (SSSR count). The molecule has 32 heavy (non-hydrogen) atoms. The average molecular weight is 414 g/mol. The molecule has 0 N–H and O–H groups in total. The molecule has 6 heteroatoms. The Morgan fingerprint density at radius 3 is 1.47 bits per heavy atom. The molecule has 0 fully saturated rings. The Bertz CT molecular complexity index is 1270. The second kappa shape index (κ2) is 12.0. The molecule has 152 valence electrons. The van der Waals surface area contributed by atoms with E-state index < -0.39 is 23.7 Å². The lowest BCUT2D eigenvalue weighted by Gasteiger charge is -2.19. The van der Waals surface area contributed by atoms with Gasteiger partial charge in [-0.05, 0) is 28.0 Å². The summed E-state index contributed by atoms with van der Waals surface area (Å²) in [6.45, 7) is 0. The van der Waals surface area contributed by atoms with E-state index in [1.54, 1.807) is 24.3 Å². The van der Waals surface area contributed by atoms with E-state index in [1.165, 1.54) is 21.5 Å². The Kier molecular flexibility index (Phi) is 8.75. The summed E-state index contributed by atoms with van der Waals surface area (Å²) in [6.07, 6.45) is 0.227. The molecule has 0 saturated carbocycles. The van der Waals surface area contributed by atoms with Gasteiger partial charge in [0.15, 0.2) is 0 Å². The topological polar surface area (TPSA) is 143 Å². The van der Waals surface area contributed by atoms with E-state index in [2.05, 4.69) is 60.7 Å². The lowest BCUT2D eigenvalue weighted by Crippen LogP contribution is -2.25. The molecule has 0 bridgehead atoms. The highest BCUT2D eigenvalue weighted by Crippen LogP contribution is 2.29. The van der Waals surface area contributed by atoms with Gasteiger partial charge in [-0.25, -0.2) is 0 Å². The number of hydrogen-bond acceptors (Lipinski definition) is 6. The zero-order valence-electron chi connectivity index (χ0n) is 17.2. The maximum absolute atomic E-state index is 9.01. The molecule has 6 nitrogen and oxygen atoms in total. The molecular formula is C26H18N6. The van der Waals surface area contributed by atoms with Crippen LogP contribution in [0.25, 0.3) is 21.5 Å². The fourth-order valence-electron chi connectivity index (χ4n) is 3.47. The van der Waals surface area contributed by atoms with Crippen molar-refractivity contribution in [2.45, 2.75) is 12.8 Å². The molecule has 0 amide bonds. The highest BCUT2D eigenvalue weighted by Gasteiger charge is 2.35. The average Bonchev–Trinajstić information content (AvgIpc) is 2.86. The van der Waals surface area contributed by atoms with Gasteiger partial charge in [-0.3, -0.25) is 0 Å². The van der Waals surface area contributed by atoms with Crippen LogP contribution in [0.1, 0.15) is 12.8 Å². The standard InChI is InChI=1S/C14H10.C12H8N6/c1-3-7-13-11(5-1)9-10-12-6-2-4-8-14(12)13;13-3-1-2-9(4-14)11(7-17)12(8-18)10(5-15)6-16/h1-10H;9-12H,1-2H2. The van der Waals surface area contributed by atoms with Crippen LogP contribution in [-0.2, 0) is 0 Å². The van der Waals surface area contributed by atoms with Crippen molar-refractivity contribution in [3.8, 4) is 36.4 Å². The molecular weight excluding hydrogens is 396 g/mol. The molecule has 3 aromatic rings. The van der Waals surface area contributed by atoms with E-state index in [-0.39, 0.29) is 12.8 Å². The molecule has 3 unspecified atom stereocenters. The quantitative estimate of drug-likeness (QED) is 0.514. The molecule has 3 atom stereocenters. The van der Waals surface area contributed by atoms with E-state index in [9.17, 15) is 0 Å². The zero-order valence-corrected chi connectivity index (χ0v) is 17.2. The summed E-state index contributed by atoms with van der Waals surface area (Å²) in [5.74, 6) is -4.27. The van der Waals surface area contributed by atoms with Crippen molar-refractivity contribution < 1.29 is 0 Å². The van der Waals surface area contributed by atoms with Crippen LogP contribution in [0.3, 0.4) is 0 Å². The Hall–Kier alpha value is -4.88. The second-order valence-corrected chi connectivity index (χ2v) is 6.99. The lowest BCUT2D eigenvalue weighted by atomic mass is 9.76. The normalized spacial score (nSPS) is 12.3. The van der Waals surface area contributed by atoms with Crippen LogP contribution in [0.15, 0.2) is 60.7 Å². The van der Waals surface area contributed by atoms with Crippen LogP contribution in [-0.4, -0.2) is 0 Å². The molecule has 0 aliphatic heterocycles. The minimum atomic E-state index is -1.25. The summed E-state index contributed by atoms with van der Waals surface area (Å²) in [4.78, 5) is 0. The summed E-state index contributed by atoms with van der Waals surface area (Å²) >= 11 is 0. The van der Waals surface area contributed by atoms with Gasteiger partial charge < -0.3 is 0 Å². The van der Waals surface area contributed by atoms with Gasteiger partial charge in [-0.1, -0.05) is 60.7 Å². The van der Waals surface area contributed by atoms with Gasteiger partial charge in [0, 0.05) is 6.42 Å².